The molecular formula is C27H30N4O4. The van der Waals surface area contributed by atoms with Crippen molar-refractivity contribution in [2.24, 2.45) is 0 Å². The highest BCUT2D eigenvalue weighted by molar-refractivity contribution is 6.01. The average molecular weight is 475 g/mol. The fraction of sp³-hybridized carbons (Fsp3) is 0.370. The van der Waals surface area contributed by atoms with Crippen LogP contribution in [0.5, 0.6) is 0 Å². The predicted molar refractivity (Wildman–Crippen MR) is 131 cm³/mol. The molecule has 1 N–H and O–H groups in total. The minimum atomic E-state index is -0.738. The fourth-order valence-corrected chi connectivity index (χ4v) is 4.93. The van der Waals surface area contributed by atoms with Gasteiger partial charge in [-0.3, -0.25) is 24.2 Å². The van der Waals surface area contributed by atoms with E-state index in [0.29, 0.717) is 31.4 Å². The van der Waals surface area contributed by atoms with E-state index in [2.05, 4.69) is 16.9 Å². The molecule has 2 saturated heterocycles. The van der Waals surface area contributed by atoms with Crippen LogP contribution in [-0.4, -0.2) is 69.5 Å². The second kappa shape index (κ2) is 10.6. The van der Waals surface area contributed by atoms with E-state index < -0.39 is 12.1 Å². The van der Waals surface area contributed by atoms with Crippen LogP contribution in [0, 0.1) is 0 Å². The van der Waals surface area contributed by atoms with Gasteiger partial charge in [0.25, 0.3) is 5.91 Å². The van der Waals surface area contributed by atoms with E-state index in [0.717, 1.165) is 11.1 Å². The number of pyridine rings is 1. The first kappa shape index (κ1) is 24.3. The molecule has 3 heterocycles. The molecule has 1 aromatic carbocycles. The molecule has 8 nitrogen and oxygen atoms in total. The largest absolute Gasteiger partial charge is 0.340 e. The summed E-state index contributed by atoms with van der Waals surface area (Å²) in [6.45, 7) is 6.03. The minimum absolute atomic E-state index is 0.00132. The molecule has 35 heavy (non-hydrogen) atoms. The number of aromatic nitrogens is 1. The van der Waals surface area contributed by atoms with Gasteiger partial charge in [0.1, 0.15) is 12.1 Å². The molecule has 1 aromatic heterocycles. The van der Waals surface area contributed by atoms with Gasteiger partial charge in [-0.2, -0.15) is 0 Å². The normalized spacial score (nSPS) is 19.9. The Kier molecular flexibility index (Phi) is 7.39. The van der Waals surface area contributed by atoms with Gasteiger partial charge in [0, 0.05) is 24.5 Å². The van der Waals surface area contributed by atoms with Crippen molar-refractivity contribution in [1.82, 2.24) is 20.1 Å². The number of rotatable bonds is 8. The molecule has 182 valence electrons. The maximum Gasteiger partial charge on any atom is 0.251 e. The van der Waals surface area contributed by atoms with Crippen molar-refractivity contribution in [2.45, 2.75) is 50.7 Å². The highest BCUT2D eigenvalue weighted by atomic mass is 16.2. The maximum atomic E-state index is 13.5. The number of Topliss-reactive ketones (excluding diaryl/α,β-unsaturated/α-hetero) is 1. The van der Waals surface area contributed by atoms with Crippen LogP contribution in [0.3, 0.4) is 0 Å². The first-order valence-corrected chi connectivity index (χ1v) is 12.0. The van der Waals surface area contributed by atoms with E-state index in [-0.39, 0.29) is 42.5 Å². The van der Waals surface area contributed by atoms with Gasteiger partial charge in [0.15, 0.2) is 5.78 Å². The minimum Gasteiger partial charge on any atom is -0.340 e. The molecular weight excluding hydrogens is 444 g/mol. The van der Waals surface area contributed by atoms with E-state index in [4.69, 9.17) is 0 Å². The van der Waals surface area contributed by atoms with Gasteiger partial charge in [0.2, 0.25) is 11.8 Å². The number of amides is 3. The molecule has 4 rings (SSSR count). The van der Waals surface area contributed by atoms with Gasteiger partial charge in [-0.1, -0.05) is 44.2 Å². The number of fused-ring (bicyclic) bond motifs is 1. The van der Waals surface area contributed by atoms with Crippen molar-refractivity contribution in [1.29, 1.82) is 0 Å². The Hall–Kier alpha value is -3.81. The molecule has 2 aliphatic rings. The van der Waals surface area contributed by atoms with E-state index in [1.54, 1.807) is 58.6 Å². The third-order valence-electron chi connectivity index (χ3n) is 6.69. The summed E-state index contributed by atoms with van der Waals surface area (Å²) in [6, 6.07) is 8.83. The van der Waals surface area contributed by atoms with Crippen LogP contribution < -0.4 is 5.32 Å². The van der Waals surface area contributed by atoms with Gasteiger partial charge in [-0.05, 0) is 42.2 Å². The standard InChI is InChI=1S/C27H30N4O4/c1-3-6-21(29-26(34)20-10-8-18(4-2)9-11-20)27(35)30-14-12-22-25(30)23(32)17-31(22)24(33)15-19-7-5-13-28-16-19/h4-5,7-11,13,16,21-22,25H,2-3,6,12,14-15,17H2,1H3,(H,29,34). The zero-order valence-electron chi connectivity index (χ0n) is 19.9. The fourth-order valence-electron chi connectivity index (χ4n) is 4.93. The Bertz CT molecular complexity index is 1120. The van der Waals surface area contributed by atoms with Gasteiger partial charge in [-0.15, -0.1) is 0 Å². The van der Waals surface area contributed by atoms with Crippen molar-refractivity contribution < 1.29 is 19.2 Å². The molecule has 2 fully saturated rings. The summed E-state index contributed by atoms with van der Waals surface area (Å²) in [4.78, 5) is 59.4. The zero-order valence-corrected chi connectivity index (χ0v) is 19.9. The lowest BCUT2D eigenvalue weighted by molar-refractivity contribution is -0.138. The molecule has 2 aliphatic heterocycles. The highest BCUT2D eigenvalue weighted by Crippen LogP contribution is 2.31. The molecule has 0 radical (unpaired) electrons. The van der Waals surface area contributed by atoms with Crippen LogP contribution in [-0.2, 0) is 20.8 Å². The van der Waals surface area contributed by atoms with Gasteiger partial charge < -0.3 is 15.1 Å². The smallest absolute Gasteiger partial charge is 0.251 e. The number of carbonyl (C=O) groups is 4. The molecule has 3 unspecified atom stereocenters. The van der Waals surface area contributed by atoms with Crippen LogP contribution in [0.25, 0.3) is 6.08 Å². The maximum absolute atomic E-state index is 13.5. The average Bonchev–Trinajstić information content (AvgIpc) is 3.45. The summed E-state index contributed by atoms with van der Waals surface area (Å²) in [5.74, 6) is -0.893. The molecule has 0 saturated carbocycles. The zero-order chi connectivity index (χ0) is 24.9. The SMILES string of the molecule is C=Cc1ccc(C(=O)NC(CCC)C(=O)N2CCC3C2C(=O)CN3C(=O)Cc2cccnc2)cc1. The van der Waals surface area contributed by atoms with Crippen molar-refractivity contribution in [3.05, 3.63) is 72.1 Å². The first-order valence-electron chi connectivity index (χ1n) is 12.0. The third-order valence-corrected chi connectivity index (χ3v) is 6.69. The van der Waals surface area contributed by atoms with Crippen LogP contribution in [0.4, 0.5) is 0 Å². The Balaban J connectivity index is 1.45. The Labute approximate surface area is 205 Å². The quantitative estimate of drug-likeness (QED) is 0.633. The van der Waals surface area contributed by atoms with Crippen molar-refractivity contribution in [3.8, 4) is 0 Å². The van der Waals surface area contributed by atoms with E-state index >= 15 is 0 Å². The summed E-state index contributed by atoms with van der Waals surface area (Å²) >= 11 is 0. The molecule has 0 spiro atoms. The number of nitrogens with zero attached hydrogens (tertiary/aromatic N) is 3. The van der Waals surface area contributed by atoms with E-state index in [1.807, 2.05) is 13.0 Å². The molecule has 3 atom stereocenters. The summed E-state index contributed by atoms with van der Waals surface area (Å²) < 4.78 is 0. The number of hydrogen-bond donors (Lipinski definition) is 1. The topological polar surface area (TPSA) is 99.7 Å². The Morgan fingerprint density at radius 2 is 1.97 bits per heavy atom. The second-order valence-corrected chi connectivity index (χ2v) is 9.00. The summed E-state index contributed by atoms with van der Waals surface area (Å²) in [5.41, 5.74) is 2.13. The van der Waals surface area contributed by atoms with Crippen molar-refractivity contribution in [3.63, 3.8) is 0 Å². The highest BCUT2D eigenvalue weighted by Gasteiger charge is 2.52. The summed E-state index contributed by atoms with van der Waals surface area (Å²) in [5, 5.41) is 2.85. The van der Waals surface area contributed by atoms with E-state index in [9.17, 15) is 19.2 Å². The van der Waals surface area contributed by atoms with E-state index in [1.165, 1.54) is 0 Å². The summed E-state index contributed by atoms with van der Waals surface area (Å²) in [6.07, 6.45) is 6.83. The Morgan fingerprint density at radius 3 is 2.63 bits per heavy atom. The number of likely N-dealkylation sites (tertiary alicyclic amines) is 2. The lowest BCUT2D eigenvalue weighted by atomic mass is 10.1. The summed E-state index contributed by atoms with van der Waals surface area (Å²) in [7, 11) is 0. The molecule has 8 heteroatoms. The van der Waals surface area contributed by atoms with Crippen molar-refractivity contribution >= 4 is 29.6 Å². The monoisotopic (exact) mass is 474 g/mol. The lowest BCUT2D eigenvalue weighted by Gasteiger charge is -2.28. The van der Waals surface area contributed by atoms with Gasteiger partial charge in [-0.25, -0.2) is 0 Å². The lowest BCUT2D eigenvalue weighted by Crippen LogP contribution is -2.52. The molecule has 0 aliphatic carbocycles. The number of nitrogens with one attached hydrogen (secondary N) is 1. The van der Waals surface area contributed by atoms with Crippen LogP contribution >= 0.6 is 0 Å². The molecule has 0 bridgehead atoms. The third kappa shape index (κ3) is 5.16. The number of hydrogen-bond acceptors (Lipinski definition) is 5. The number of benzene rings is 1. The predicted octanol–water partition coefficient (Wildman–Crippen LogP) is 2.25. The molecule has 2 aromatic rings. The molecule has 3 amide bonds. The number of carbonyl (C=O) groups excluding carboxylic acids is 4. The van der Waals surface area contributed by atoms with Gasteiger partial charge >= 0.3 is 0 Å². The second-order valence-electron chi connectivity index (χ2n) is 9.00. The number of ketones is 1. The van der Waals surface area contributed by atoms with Crippen molar-refractivity contribution in [2.75, 3.05) is 13.1 Å². The van der Waals surface area contributed by atoms with Crippen LogP contribution in [0.15, 0.2) is 55.4 Å². The van der Waals surface area contributed by atoms with Crippen LogP contribution in [0.1, 0.15) is 47.7 Å². The van der Waals surface area contributed by atoms with Crippen LogP contribution in [0.2, 0.25) is 0 Å². The first-order chi connectivity index (χ1) is 16.9. The van der Waals surface area contributed by atoms with Gasteiger partial charge in [0.05, 0.1) is 19.0 Å². The Morgan fingerprint density at radius 1 is 1.20 bits per heavy atom.